The van der Waals surface area contributed by atoms with Gasteiger partial charge in [-0.2, -0.15) is 0 Å². The molecule has 1 fully saturated rings. The summed E-state index contributed by atoms with van der Waals surface area (Å²) in [6.07, 6.45) is 5.73. The van der Waals surface area contributed by atoms with Crippen LogP contribution in [0.15, 0.2) is 37.3 Å². The first-order valence-corrected chi connectivity index (χ1v) is 12.1. The molecule has 0 saturated carbocycles. The minimum Gasteiger partial charge on any atom is -0.337 e. The van der Waals surface area contributed by atoms with Crippen molar-refractivity contribution in [3.63, 3.8) is 0 Å². The number of hydrogen-bond donors (Lipinski definition) is 0. The first-order valence-electron chi connectivity index (χ1n) is 11.7. The first-order chi connectivity index (χ1) is 16.6. The molecule has 0 aliphatic carbocycles. The minimum atomic E-state index is 0.0445. The quantitative estimate of drug-likeness (QED) is 0.368. The molecule has 8 heteroatoms. The highest BCUT2D eigenvalue weighted by Gasteiger charge is 2.30. The molecule has 4 rings (SSSR count). The van der Waals surface area contributed by atoms with Crippen LogP contribution in [0.1, 0.15) is 36.7 Å². The van der Waals surface area contributed by atoms with E-state index in [0.29, 0.717) is 17.6 Å². The third-order valence-electron chi connectivity index (χ3n) is 6.47. The lowest BCUT2D eigenvalue weighted by Crippen LogP contribution is -2.58. The maximum absolute atomic E-state index is 11.2. The highest BCUT2D eigenvalue weighted by molar-refractivity contribution is 6.31. The predicted octanol–water partition coefficient (Wildman–Crippen LogP) is 4.64. The third-order valence-corrected chi connectivity index (χ3v) is 6.68. The molecule has 0 spiro atoms. The molecule has 1 saturated heterocycles. The van der Waals surface area contributed by atoms with Crippen molar-refractivity contribution in [1.82, 2.24) is 24.3 Å². The summed E-state index contributed by atoms with van der Waals surface area (Å²) in [4.78, 5) is 34.8. The Labute approximate surface area is 212 Å². The number of carbonyl (C=O) groups is 2. The summed E-state index contributed by atoms with van der Waals surface area (Å²) in [6, 6.07) is 4.43. The van der Waals surface area contributed by atoms with Crippen molar-refractivity contribution in [1.29, 1.82) is 0 Å². The van der Waals surface area contributed by atoms with Crippen molar-refractivity contribution in [2.75, 3.05) is 27.2 Å². The Morgan fingerprint density at radius 1 is 1.29 bits per heavy atom. The number of carbonyl (C=O) groups excluding carboxylic acids is 2. The van der Waals surface area contributed by atoms with Gasteiger partial charge in [0.25, 0.3) is 0 Å². The van der Waals surface area contributed by atoms with Gasteiger partial charge in [0, 0.05) is 52.6 Å². The normalized spacial score (nSPS) is 13.6. The highest BCUT2D eigenvalue weighted by atomic mass is 35.5. The average Bonchev–Trinajstić information content (AvgIpc) is 3.04. The number of likely N-dealkylation sites (tertiary alicyclic amines) is 1. The largest absolute Gasteiger partial charge is 0.337 e. The number of nitrogens with zero attached hydrogens (tertiary/aromatic N) is 5. The second-order valence-electron chi connectivity index (χ2n) is 9.40. The standard InChI is InChI=1S/C19H20ClN3O.C8H14N2O/c1-11(2)18-16(9-21-10-22-18)17-13(4)23(5-6-24)19-12(3)7-14(20)8-15(17)19;1-4-8(11)10-5-7(6-10)9(2)3/h6-11H,5H2,1-4H3;4,7H,1,5-6H2,2-3H3. The highest BCUT2D eigenvalue weighted by Crippen LogP contribution is 2.39. The summed E-state index contributed by atoms with van der Waals surface area (Å²) in [5.74, 6) is 0.315. The molecule has 0 unspecified atom stereocenters. The summed E-state index contributed by atoms with van der Waals surface area (Å²) >= 11 is 6.31. The van der Waals surface area contributed by atoms with Crippen molar-refractivity contribution < 1.29 is 9.59 Å². The zero-order valence-corrected chi connectivity index (χ0v) is 22.1. The fraction of sp³-hybridized carbons (Fsp3) is 0.407. The Bertz CT molecular complexity index is 1240. The first kappa shape index (κ1) is 26.6. The number of likely N-dealkylation sites (N-methyl/N-ethyl adjacent to an activating group) is 1. The van der Waals surface area contributed by atoms with Gasteiger partial charge in [0.15, 0.2) is 0 Å². The van der Waals surface area contributed by atoms with Gasteiger partial charge in [-0.1, -0.05) is 32.0 Å². The number of hydrogen-bond acceptors (Lipinski definition) is 5. The number of amides is 1. The van der Waals surface area contributed by atoms with E-state index in [1.165, 1.54) is 6.08 Å². The van der Waals surface area contributed by atoms with E-state index in [4.69, 9.17) is 11.6 Å². The van der Waals surface area contributed by atoms with E-state index in [-0.39, 0.29) is 11.8 Å². The topological polar surface area (TPSA) is 71.3 Å². The van der Waals surface area contributed by atoms with Gasteiger partial charge in [-0.3, -0.25) is 4.79 Å². The number of aromatic nitrogens is 3. The minimum absolute atomic E-state index is 0.0445. The Balaban J connectivity index is 0.000000261. The molecular weight excluding hydrogens is 462 g/mol. The molecule has 186 valence electrons. The van der Waals surface area contributed by atoms with E-state index in [2.05, 4.69) is 35.3 Å². The van der Waals surface area contributed by atoms with E-state index in [9.17, 15) is 9.59 Å². The maximum atomic E-state index is 11.2. The van der Waals surface area contributed by atoms with Gasteiger partial charge in [0.1, 0.15) is 12.6 Å². The van der Waals surface area contributed by atoms with Crippen LogP contribution in [0, 0.1) is 13.8 Å². The van der Waals surface area contributed by atoms with Crippen LogP contribution in [0.25, 0.3) is 22.0 Å². The van der Waals surface area contributed by atoms with Gasteiger partial charge >= 0.3 is 0 Å². The van der Waals surface area contributed by atoms with Crippen LogP contribution in [-0.4, -0.2) is 69.8 Å². The Kier molecular flexibility index (Phi) is 8.46. The van der Waals surface area contributed by atoms with Crippen LogP contribution in [0.3, 0.4) is 0 Å². The molecule has 0 bridgehead atoms. The van der Waals surface area contributed by atoms with Gasteiger partial charge in [0.05, 0.1) is 17.8 Å². The van der Waals surface area contributed by atoms with Crippen molar-refractivity contribution >= 4 is 34.7 Å². The van der Waals surface area contributed by atoms with Crippen molar-refractivity contribution in [2.24, 2.45) is 0 Å². The van der Waals surface area contributed by atoms with Crippen LogP contribution >= 0.6 is 11.6 Å². The monoisotopic (exact) mass is 495 g/mol. The zero-order valence-electron chi connectivity index (χ0n) is 21.4. The van der Waals surface area contributed by atoms with E-state index >= 15 is 0 Å². The number of halogens is 1. The third kappa shape index (κ3) is 5.46. The fourth-order valence-corrected chi connectivity index (χ4v) is 4.78. The summed E-state index contributed by atoms with van der Waals surface area (Å²) < 4.78 is 2.04. The van der Waals surface area contributed by atoms with Gasteiger partial charge in [-0.15, -0.1) is 0 Å². The van der Waals surface area contributed by atoms with Crippen LogP contribution in [0.4, 0.5) is 0 Å². The molecule has 2 aromatic heterocycles. The zero-order chi connectivity index (χ0) is 25.9. The number of fused-ring (bicyclic) bond motifs is 1. The lowest BCUT2D eigenvalue weighted by Gasteiger charge is -2.42. The van der Waals surface area contributed by atoms with Gasteiger partial charge in [-0.25, -0.2) is 9.97 Å². The Morgan fingerprint density at radius 3 is 2.54 bits per heavy atom. The smallest absolute Gasteiger partial charge is 0.246 e. The average molecular weight is 496 g/mol. The Hall–Kier alpha value is -3.03. The van der Waals surface area contributed by atoms with Crippen LogP contribution in [0.2, 0.25) is 5.02 Å². The van der Waals surface area contributed by atoms with Crippen molar-refractivity contribution in [2.45, 2.75) is 46.2 Å². The van der Waals surface area contributed by atoms with Gasteiger partial charge in [0.2, 0.25) is 5.91 Å². The molecule has 0 atom stereocenters. The summed E-state index contributed by atoms with van der Waals surface area (Å²) in [5, 5.41) is 1.73. The summed E-state index contributed by atoms with van der Waals surface area (Å²) in [7, 11) is 4.06. The molecular formula is C27H34ClN5O2. The molecule has 35 heavy (non-hydrogen) atoms. The molecule has 7 nitrogen and oxygen atoms in total. The molecule has 1 aromatic carbocycles. The molecule has 1 aliphatic rings. The fourth-order valence-electron chi connectivity index (χ4n) is 4.51. The summed E-state index contributed by atoms with van der Waals surface area (Å²) in [5.41, 5.74) is 6.17. The van der Waals surface area contributed by atoms with Crippen LogP contribution in [-0.2, 0) is 16.1 Å². The SMILES string of the molecule is C=CC(=O)N1CC(N(C)C)C1.Cc1cc(Cl)cc2c(-c3cncnc3C(C)C)c(C)n(CC=O)c12. The Morgan fingerprint density at radius 2 is 1.97 bits per heavy atom. The molecule has 0 N–H and O–H groups in total. The predicted molar refractivity (Wildman–Crippen MR) is 142 cm³/mol. The summed E-state index contributed by atoms with van der Waals surface area (Å²) in [6.45, 7) is 13.7. The molecule has 3 heterocycles. The van der Waals surface area contributed by atoms with Crippen molar-refractivity contribution in [3.8, 4) is 11.1 Å². The van der Waals surface area contributed by atoms with E-state index < -0.39 is 0 Å². The van der Waals surface area contributed by atoms with Crippen molar-refractivity contribution in [3.05, 3.63) is 59.3 Å². The maximum Gasteiger partial charge on any atom is 0.246 e. The number of aldehydes is 1. The number of benzene rings is 1. The number of aryl methyl sites for hydroxylation is 1. The van der Waals surface area contributed by atoms with E-state index in [1.807, 2.05) is 50.8 Å². The molecule has 0 radical (unpaired) electrons. The molecule has 3 aromatic rings. The lowest BCUT2D eigenvalue weighted by molar-refractivity contribution is -0.132. The lowest BCUT2D eigenvalue weighted by atomic mass is 9.96. The van der Waals surface area contributed by atoms with Crippen LogP contribution in [0.5, 0.6) is 0 Å². The molecule has 1 aliphatic heterocycles. The van der Waals surface area contributed by atoms with E-state index in [1.54, 1.807) is 11.2 Å². The van der Waals surface area contributed by atoms with Gasteiger partial charge in [-0.05, 0) is 57.6 Å². The molecule has 1 amide bonds. The van der Waals surface area contributed by atoms with E-state index in [0.717, 1.165) is 58.4 Å². The number of rotatable bonds is 6. The van der Waals surface area contributed by atoms with Gasteiger partial charge < -0.3 is 19.2 Å². The van der Waals surface area contributed by atoms with Crippen LogP contribution < -0.4 is 0 Å². The second kappa shape index (κ2) is 11.1. The second-order valence-corrected chi connectivity index (χ2v) is 9.83.